The molecule has 1 fully saturated rings. The van der Waals surface area contributed by atoms with Gasteiger partial charge >= 0.3 is 11.9 Å². The fourth-order valence-corrected chi connectivity index (χ4v) is 5.03. The van der Waals surface area contributed by atoms with Crippen molar-refractivity contribution in [3.8, 4) is 17.2 Å². The predicted molar refractivity (Wildman–Crippen MR) is 148 cm³/mol. The Morgan fingerprint density at radius 3 is 2.49 bits per heavy atom. The Morgan fingerprint density at radius 2 is 1.83 bits per heavy atom. The summed E-state index contributed by atoms with van der Waals surface area (Å²) >= 11 is 1.43. The molecule has 0 radical (unpaired) electrons. The van der Waals surface area contributed by atoms with Gasteiger partial charge in [-0.2, -0.15) is 0 Å². The number of esters is 2. The molecule has 1 amide bonds. The Kier molecular flexibility index (Phi) is 9.79. The highest BCUT2D eigenvalue weighted by Gasteiger charge is 2.32. The number of carbonyl (C=O) groups is 3. The Labute approximate surface area is 240 Å². The van der Waals surface area contributed by atoms with Gasteiger partial charge < -0.3 is 24.3 Å². The Bertz CT molecular complexity index is 1400. The lowest BCUT2D eigenvalue weighted by Gasteiger charge is -2.27. The maximum atomic E-state index is 14.2. The first-order valence-electron chi connectivity index (χ1n) is 12.8. The molecule has 1 aromatic heterocycles. The zero-order chi connectivity index (χ0) is 29.5. The number of halogens is 1. The van der Waals surface area contributed by atoms with Gasteiger partial charge in [0.1, 0.15) is 23.7 Å². The molecule has 2 N–H and O–H groups in total. The smallest absolute Gasteiger partial charge is 0.328 e. The van der Waals surface area contributed by atoms with Gasteiger partial charge in [-0.05, 0) is 32.0 Å². The Morgan fingerprint density at radius 1 is 1.10 bits per heavy atom. The van der Waals surface area contributed by atoms with Gasteiger partial charge in [0.25, 0.3) is 5.91 Å². The van der Waals surface area contributed by atoms with Gasteiger partial charge in [0.15, 0.2) is 17.7 Å². The van der Waals surface area contributed by atoms with Crippen molar-refractivity contribution >= 4 is 29.6 Å². The second-order valence-corrected chi connectivity index (χ2v) is 10.4. The highest BCUT2D eigenvalue weighted by Crippen LogP contribution is 2.43. The number of amides is 1. The Balaban J connectivity index is 1.52. The molecule has 0 bridgehead atoms. The molecule has 0 spiro atoms. The topological polar surface area (TPSA) is 135 Å². The second kappa shape index (κ2) is 13.5. The predicted octanol–water partition coefficient (Wildman–Crippen LogP) is 4.05. The first-order chi connectivity index (χ1) is 19.7. The molecular formula is C29H30FN3O7S. The maximum Gasteiger partial charge on any atom is 0.328 e. The van der Waals surface area contributed by atoms with Gasteiger partial charge in [0.2, 0.25) is 5.75 Å². The number of aromatic nitrogens is 1. The van der Waals surface area contributed by atoms with Gasteiger partial charge in [0, 0.05) is 42.3 Å². The molecule has 1 unspecified atom stereocenters. The lowest BCUT2D eigenvalue weighted by atomic mass is 10.1. The largest absolute Gasteiger partial charge is 0.493 e. The van der Waals surface area contributed by atoms with Crippen molar-refractivity contribution in [2.75, 3.05) is 13.7 Å². The van der Waals surface area contributed by atoms with E-state index >= 15 is 0 Å². The molecule has 1 aliphatic rings. The van der Waals surface area contributed by atoms with Crippen molar-refractivity contribution in [1.82, 2.24) is 15.6 Å². The van der Waals surface area contributed by atoms with Crippen LogP contribution in [-0.2, 0) is 14.3 Å². The molecule has 12 heteroatoms. The molecule has 41 heavy (non-hydrogen) atoms. The van der Waals surface area contributed by atoms with Crippen LogP contribution in [0.5, 0.6) is 17.2 Å². The van der Waals surface area contributed by atoms with Crippen LogP contribution in [0.25, 0.3) is 0 Å². The molecule has 4 rings (SSSR count). The summed E-state index contributed by atoms with van der Waals surface area (Å²) in [6, 6.07) is 14.1. The molecule has 0 aliphatic carbocycles. The summed E-state index contributed by atoms with van der Waals surface area (Å²) < 4.78 is 36.2. The molecule has 1 aliphatic heterocycles. The average molecular weight is 584 g/mol. The number of methoxy groups -OCH3 is 1. The summed E-state index contributed by atoms with van der Waals surface area (Å²) in [6.45, 7) is 5.01. The number of benzene rings is 2. The molecule has 10 nitrogen and oxygen atoms in total. The van der Waals surface area contributed by atoms with Crippen LogP contribution in [0.2, 0.25) is 0 Å². The van der Waals surface area contributed by atoms with Crippen LogP contribution in [0.1, 0.15) is 42.1 Å². The van der Waals surface area contributed by atoms with E-state index < -0.39 is 41.1 Å². The summed E-state index contributed by atoms with van der Waals surface area (Å²) in [5.74, 6) is -2.29. The van der Waals surface area contributed by atoms with Crippen molar-refractivity contribution in [1.29, 1.82) is 0 Å². The third-order valence-electron chi connectivity index (χ3n) is 5.91. The van der Waals surface area contributed by atoms with Crippen LogP contribution in [0.15, 0.2) is 65.7 Å². The number of hydrogen-bond acceptors (Lipinski definition) is 10. The van der Waals surface area contributed by atoms with E-state index in [2.05, 4.69) is 15.6 Å². The van der Waals surface area contributed by atoms with E-state index in [1.165, 1.54) is 57.1 Å². The average Bonchev–Trinajstić information content (AvgIpc) is 3.76. The summed E-state index contributed by atoms with van der Waals surface area (Å²) in [5.41, 5.74) is 0.420. The zero-order valence-corrected chi connectivity index (χ0v) is 23.7. The lowest BCUT2D eigenvalue weighted by molar-refractivity contribution is -0.150. The summed E-state index contributed by atoms with van der Waals surface area (Å²) in [6.07, 6.45) is 0.378. The van der Waals surface area contributed by atoms with Crippen LogP contribution in [0, 0.1) is 5.82 Å². The van der Waals surface area contributed by atoms with Crippen LogP contribution in [0.3, 0.4) is 0 Å². The number of hydrogen-bond donors (Lipinski definition) is 2. The minimum Gasteiger partial charge on any atom is -0.493 e. The normalized spacial score (nSPS) is 16.1. The van der Waals surface area contributed by atoms with Crippen LogP contribution < -0.4 is 24.8 Å². The third-order valence-corrected chi connectivity index (χ3v) is 7.34. The molecule has 4 atom stereocenters. The molecule has 3 aromatic rings. The van der Waals surface area contributed by atoms with Crippen molar-refractivity contribution in [3.05, 3.63) is 77.9 Å². The number of rotatable bonds is 12. The quantitative estimate of drug-likeness (QED) is 0.183. The van der Waals surface area contributed by atoms with Crippen LogP contribution in [-0.4, -0.2) is 54.9 Å². The highest BCUT2D eigenvalue weighted by atomic mass is 32.2. The molecule has 2 heterocycles. The number of carbonyl (C=O) groups excluding carboxylic acids is 3. The standard InChI is InChI=1S/C29H30FN3O7S/c1-16(33-28(35)25-26(39-18(3)34)22(37-4)12-13-31-25)29(36)38-17(2)27(41-20-8-6-5-7-9-20)21-11-10-19(30)14-23(21)40-24-15-32-24/h5-14,16-17,24,27,32H,15H2,1-4H3,(H,33,35)/t16-,17-,24?,27-/m0/s1. The maximum absolute atomic E-state index is 14.2. The number of nitrogens with zero attached hydrogens (tertiary/aromatic N) is 1. The van der Waals surface area contributed by atoms with Gasteiger partial charge in [-0.1, -0.05) is 24.3 Å². The van der Waals surface area contributed by atoms with Crippen molar-refractivity contribution in [3.63, 3.8) is 0 Å². The fraction of sp³-hybridized carbons (Fsp3) is 0.310. The summed E-state index contributed by atoms with van der Waals surface area (Å²) in [7, 11) is 1.36. The fourth-order valence-electron chi connectivity index (χ4n) is 3.85. The van der Waals surface area contributed by atoms with Crippen molar-refractivity contribution < 1.29 is 37.7 Å². The minimum atomic E-state index is -1.09. The van der Waals surface area contributed by atoms with Gasteiger partial charge in [-0.25, -0.2) is 14.2 Å². The van der Waals surface area contributed by atoms with Gasteiger partial charge in [-0.3, -0.25) is 14.9 Å². The van der Waals surface area contributed by atoms with E-state index in [0.29, 0.717) is 17.9 Å². The van der Waals surface area contributed by atoms with E-state index in [1.807, 2.05) is 30.3 Å². The molecule has 0 saturated carbocycles. The van der Waals surface area contributed by atoms with E-state index in [-0.39, 0.29) is 23.4 Å². The highest BCUT2D eigenvalue weighted by molar-refractivity contribution is 7.99. The van der Waals surface area contributed by atoms with Gasteiger partial charge in [-0.15, -0.1) is 11.8 Å². The van der Waals surface area contributed by atoms with Crippen LogP contribution >= 0.6 is 11.8 Å². The molecule has 1 saturated heterocycles. The number of pyridine rings is 1. The number of nitrogens with one attached hydrogen (secondary N) is 2. The van der Waals surface area contributed by atoms with Gasteiger partial charge in [0.05, 0.1) is 12.4 Å². The van der Waals surface area contributed by atoms with Crippen LogP contribution in [0.4, 0.5) is 4.39 Å². The first-order valence-corrected chi connectivity index (χ1v) is 13.7. The van der Waals surface area contributed by atoms with E-state index in [0.717, 1.165) is 4.90 Å². The zero-order valence-electron chi connectivity index (χ0n) is 22.9. The van der Waals surface area contributed by atoms with E-state index in [1.54, 1.807) is 13.0 Å². The number of thioether (sulfide) groups is 1. The number of ether oxygens (including phenoxy) is 4. The Hall–Kier alpha value is -4.16. The second-order valence-electron chi connectivity index (χ2n) is 9.17. The summed E-state index contributed by atoms with van der Waals surface area (Å²) in [5, 5.41) is 5.09. The molecule has 2 aromatic carbocycles. The van der Waals surface area contributed by atoms with E-state index in [4.69, 9.17) is 18.9 Å². The molecule has 216 valence electrons. The lowest BCUT2D eigenvalue weighted by Crippen LogP contribution is -2.41. The summed E-state index contributed by atoms with van der Waals surface area (Å²) in [4.78, 5) is 42.6. The first kappa shape index (κ1) is 29.8. The van der Waals surface area contributed by atoms with Crippen molar-refractivity contribution in [2.24, 2.45) is 0 Å². The monoisotopic (exact) mass is 583 g/mol. The van der Waals surface area contributed by atoms with E-state index in [9.17, 15) is 18.8 Å². The SMILES string of the molecule is COc1ccnc(C(=O)N[C@@H](C)C(=O)O[C@@H](C)[C@H](Sc2ccccc2)c2ccc(F)cc2OC2CN2)c1OC(C)=O. The van der Waals surface area contributed by atoms with Crippen molar-refractivity contribution in [2.45, 2.75) is 49.3 Å². The molecular weight excluding hydrogens is 553 g/mol. The third kappa shape index (κ3) is 7.95. The minimum absolute atomic E-state index is 0.128.